The Kier molecular flexibility index (Phi) is 5.19. The van der Waals surface area contributed by atoms with Crippen molar-refractivity contribution >= 4 is 24.5 Å². The monoisotopic (exact) mass is 385 g/mol. The van der Waals surface area contributed by atoms with Gasteiger partial charge in [-0.2, -0.15) is 12.6 Å². The molecule has 2 atom stereocenters. The fourth-order valence-electron chi connectivity index (χ4n) is 3.75. The summed E-state index contributed by atoms with van der Waals surface area (Å²) in [7, 11) is 1.95. The van der Waals surface area contributed by atoms with Crippen molar-refractivity contribution in [2.75, 3.05) is 13.1 Å². The molecule has 2 unspecified atom stereocenters. The van der Waals surface area contributed by atoms with Crippen molar-refractivity contribution in [3.8, 4) is 0 Å². The average Bonchev–Trinajstić information content (AvgIpc) is 3.43. The van der Waals surface area contributed by atoms with E-state index in [1.165, 1.54) is 6.07 Å². The van der Waals surface area contributed by atoms with E-state index in [0.29, 0.717) is 12.1 Å². The molecule has 6 heteroatoms. The third-order valence-electron chi connectivity index (χ3n) is 5.49. The smallest absolute Gasteiger partial charge is 0.157 e. The Morgan fingerprint density at radius 1 is 1.33 bits per heavy atom. The third-order valence-corrected chi connectivity index (χ3v) is 6.08. The maximum absolute atomic E-state index is 14.5. The lowest BCUT2D eigenvalue weighted by Crippen LogP contribution is -2.42. The van der Waals surface area contributed by atoms with E-state index in [1.54, 1.807) is 18.3 Å². The topological polar surface area (TPSA) is 38.1 Å². The number of Topliss-reactive ketones (excluding diaryl/α,β-unsaturated/α-hetero) is 1. The van der Waals surface area contributed by atoms with Crippen LogP contribution in [0.25, 0.3) is 6.08 Å². The Balaban J connectivity index is 1.66. The van der Waals surface area contributed by atoms with E-state index in [9.17, 15) is 9.18 Å². The zero-order valence-corrected chi connectivity index (χ0v) is 16.3. The number of halogens is 1. The van der Waals surface area contributed by atoms with Crippen LogP contribution in [0.3, 0.4) is 0 Å². The molecule has 2 aromatic rings. The summed E-state index contributed by atoms with van der Waals surface area (Å²) >= 11 is 4.73. The van der Waals surface area contributed by atoms with Crippen molar-refractivity contribution in [1.82, 2.24) is 14.5 Å². The van der Waals surface area contributed by atoms with Crippen LogP contribution in [-0.2, 0) is 11.8 Å². The fraction of sp³-hybridized carbons (Fsp3) is 0.429. The molecule has 0 radical (unpaired) electrons. The number of rotatable bonds is 5. The number of aromatic nitrogens is 2. The normalized spacial score (nSPS) is 23.5. The van der Waals surface area contributed by atoms with Gasteiger partial charge in [0.25, 0.3) is 0 Å². The molecule has 1 aromatic heterocycles. The quantitative estimate of drug-likeness (QED) is 0.798. The van der Waals surface area contributed by atoms with E-state index in [-0.39, 0.29) is 22.8 Å². The summed E-state index contributed by atoms with van der Waals surface area (Å²) in [6.45, 7) is 1.32. The van der Waals surface area contributed by atoms with Crippen LogP contribution < -0.4 is 0 Å². The number of nitrogens with zero attached hydrogens (tertiary/aromatic N) is 3. The van der Waals surface area contributed by atoms with Gasteiger partial charge in [-0.1, -0.05) is 18.2 Å². The molecule has 0 amide bonds. The lowest BCUT2D eigenvalue weighted by molar-refractivity contribution is -0.126. The molecule has 2 aliphatic rings. The predicted molar refractivity (Wildman–Crippen MR) is 107 cm³/mol. The highest BCUT2D eigenvalue weighted by Gasteiger charge is 2.40. The van der Waals surface area contributed by atoms with Gasteiger partial charge in [0.15, 0.2) is 5.78 Å². The lowest BCUT2D eigenvalue weighted by atomic mass is 9.93. The van der Waals surface area contributed by atoms with Crippen LogP contribution in [0.5, 0.6) is 0 Å². The highest BCUT2D eigenvalue weighted by Crippen LogP contribution is 2.39. The van der Waals surface area contributed by atoms with Gasteiger partial charge in [0, 0.05) is 49.3 Å². The SMILES string of the molecule is Cn1ccnc1C=C1CN(C(C(=O)C2CC2)c2ccccc2F)CCC1S. The van der Waals surface area contributed by atoms with Gasteiger partial charge in [0.05, 0.1) is 6.04 Å². The number of likely N-dealkylation sites (tertiary alicyclic amines) is 1. The molecule has 4 nitrogen and oxygen atoms in total. The fourth-order valence-corrected chi connectivity index (χ4v) is 4.03. The van der Waals surface area contributed by atoms with Gasteiger partial charge >= 0.3 is 0 Å². The number of ketones is 1. The van der Waals surface area contributed by atoms with Gasteiger partial charge in [-0.05, 0) is 37.0 Å². The number of benzene rings is 1. The number of carbonyl (C=O) groups is 1. The second kappa shape index (κ2) is 7.60. The highest BCUT2D eigenvalue weighted by molar-refractivity contribution is 7.81. The number of thiol groups is 1. The van der Waals surface area contributed by atoms with Gasteiger partial charge in [0.1, 0.15) is 11.6 Å². The Bertz CT molecular complexity index is 874. The van der Waals surface area contributed by atoms with Gasteiger partial charge in [-0.15, -0.1) is 0 Å². The van der Waals surface area contributed by atoms with Gasteiger partial charge in [0.2, 0.25) is 0 Å². The van der Waals surface area contributed by atoms with E-state index in [2.05, 4.69) is 9.88 Å². The summed E-state index contributed by atoms with van der Waals surface area (Å²) in [5.74, 6) is 0.778. The standard InChI is InChI=1S/C21H24FN3OS/c1-24-11-9-23-19(24)12-15-13-25(10-8-18(15)27)20(21(26)14-6-7-14)16-4-2-3-5-17(16)22/h2-5,9,11-12,14,18,20,27H,6-8,10,13H2,1H3. The lowest BCUT2D eigenvalue weighted by Gasteiger charge is -2.37. The van der Waals surface area contributed by atoms with Crippen molar-refractivity contribution in [3.05, 3.63) is 59.4 Å². The maximum Gasteiger partial charge on any atom is 0.157 e. The van der Waals surface area contributed by atoms with E-state index in [1.807, 2.05) is 30.0 Å². The third kappa shape index (κ3) is 3.87. The van der Waals surface area contributed by atoms with Crippen LogP contribution in [0.4, 0.5) is 4.39 Å². The number of imidazole rings is 1. The summed E-state index contributed by atoms with van der Waals surface area (Å²) in [6, 6.07) is 6.14. The van der Waals surface area contributed by atoms with Crippen molar-refractivity contribution in [2.45, 2.75) is 30.6 Å². The molecule has 27 heavy (non-hydrogen) atoms. The van der Waals surface area contributed by atoms with Gasteiger partial charge in [-0.3, -0.25) is 9.69 Å². The largest absolute Gasteiger partial charge is 0.335 e. The molecule has 1 saturated heterocycles. The summed E-state index contributed by atoms with van der Waals surface area (Å²) in [5.41, 5.74) is 1.60. The first-order chi connectivity index (χ1) is 13.0. The molecule has 1 aliphatic heterocycles. The summed E-state index contributed by atoms with van der Waals surface area (Å²) < 4.78 is 16.5. The molecule has 4 rings (SSSR count). The van der Waals surface area contributed by atoms with Crippen molar-refractivity contribution in [2.24, 2.45) is 13.0 Å². The molecule has 0 bridgehead atoms. The average molecular weight is 386 g/mol. The van der Waals surface area contributed by atoms with Crippen LogP contribution in [-0.4, -0.2) is 38.6 Å². The Morgan fingerprint density at radius 2 is 2.11 bits per heavy atom. The molecule has 1 aliphatic carbocycles. The molecule has 2 fully saturated rings. The van der Waals surface area contributed by atoms with E-state index in [4.69, 9.17) is 12.6 Å². The van der Waals surface area contributed by atoms with Crippen LogP contribution in [0.2, 0.25) is 0 Å². The second-order valence-electron chi connectivity index (χ2n) is 7.49. The Hall–Kier alpha value is -1.92. The summed E-state index contributed by atoms with van der Waals surface area (Å²) in [4.78, 5) is 19.5. The number of hydrogen-bond donors (Lipinski definition) is 1. The molecule has 142 valence electrons. The second-order valence-corrected chi connectivity index (χ2v) is 8.11. The van der Waals surface area contributed by atoms with Crippen molar-refractivity contribution in [3.63, 3.8) is 0 Å². The van der Waals surface area contributed by atoms with E-state index >= 15 is 0 Å². The Morgan fingerprint density at radius 3 is 2.78 bits per heavy atom. The first-order valence-corrected chi connectivity index (χ1v) is 9.94. The first-order valence-electron chi connectivity index (χ1n) is 9.42. The van der Waals surface area contributed by atoms with E-state index in [0.717, 1.165) is 37.2 Å². The predicted octanol–water partition coefficient (Wildman–Crippen LogP) is 3.67. The van der Waals surface area contributed by atoms with Gasteiger partial charge < -0.3 is 4.57 Å². The molecule has 1 aromatic carbocycles. The highest BCUT2D eigenvalue weighted by atomic mass is 32.1. The minimum atomic E-state index is -0.524. The van der Waals surface area contributed by atoms with E-state index < -0.39 is 6.04 Å². The number of hydrogen-bond acceptors (Lipinski definition) is 4. The van der Waals surface area contributed by atoms with Crippen molar-refractivity contribution < 1.29 is 9.18 Å². The molecular weight excluding hydrogens is 361 g/mol. The molecular formula is C21H24FN3OS. The molecule has 0 N–H and O–H groups in total. The van der Waals surface area contributed by atoms with Crippen LogP contribution >= 0.6 is 12.6 Å². The van der Waals surface area contributed by atoms with Crippen LogP contribution in [0.1, 0.15) is 36.7 Å². The molecule has 1 saturated carbocycles. The number of aryl methyl sites for hydroxylation is 1. The number of piperidine rings is 1. The zero-order chi connectivity index (χ0) is 19.0. The minimum Gasteiger partial charge on any atom is -0.335 e. The van der Waals surface area contributed by atoms with Crippen LogP contribution in [0.15, 0.2) is 42.2 Å². The van der Waals surface area contributed by atoms with Gasteiger partial charge in [-0.25, -0.2) is 9.37 Å². The summed E-state index contributed by atoms with van der Waals surface area (Å²) in [6.07, 6.45) is 8.37. The maximum atomic E-state index is 14.5. The molecule has 2 heterocycles. The number of carbonyl (C=O) groups excluding carboxylic acids is 1. The summed E-state index contributed by atoms with van der Waals surface area (Å²) in [5, 5.41) is 0.121. The first kappa shape index (κ1) is 18.4. The van der Waals surface area contributed by atoms with Crippen molar-refractivity contribution in [1.29, 1.82) is 0 Å². The zero-order valence-electron chi connectivity index (χ0n) is 15.4. The molecule has 0 spiro atoms. The minimum absolute atomic E-state index is 0.0744. The van der Waals surface area contributed by atoms with Crippen LogP contribution in [0, 0.1) is 11.7 Å². The Labute approximate surface area is 164 Å².